The van der Waals surface area contributed by atoms with Crippen LogP contribution in [-0.2, 0) is 10.3 Å². The van der Waals surface area contributed by atoms with E-state index >= 15 is 0 Å². The normalized spacial score (nSPS) is 35.4. The third kappa shape index (κ3) is 2.06. The second kappa shape index (κ2) is 4.98. The number of aromatic nitrogens is 1. The Morgan fingerprint density at radius 2 is 2.39 bits per heavy atom. The molecule has 1 saturated heterocycles. The molecule has 1 N–H and O–H groups in total. The second-order valence-corrected chi connectivity index (χ2v) is 5.51. The van der Waals surface area contributed by atoms with E-state index < -0.39 is 0 Å². The molecular weight excluding hydrogens is 224 g/mol. The standard InChI is InChI=1S/C15H22N2O/c1-2-18-15(14-7-3-4-8-17-14)10-12-6-5-9-16-13(12)11-15/h3-4,7-8,12-13,16H,2,5-6,9-11H2,1H3. The van der Waals surface area contributed by atoms with Gasteiger partial charge in [0.05, 0.1) is 5.69 Å². The fourth-order valence-electron chi connectivity index (χ4n) is 3.67. The topological polar surface area (TPSA) is 34.1 Å². The van der Waals surface area contributed by atoms with Gasteiger partial charge in [0.25, 0.3) is 0 Å². The predicted molar refractivity (Wildman–Crippen MR) is 71.3 cm³/mol. The maximum absolute atomic E-state index is 6.17. The Morgan fingerprint density at radius 1 is 1.44 bits per heavy atom. The highest BCUT2D eigenvalue weighted by Gasteiger charge is 2.48. The van der Waals surface area contributed by atoms with E-state index in [1.165, 1.54) is 12.8 Å². The molecule has 0 bridgehead atoms. The lowest BCUT2D eigenvalue weighted by Gasteiger charge is -2.28. The number of hydrogen-bond donors (Lipinski definition) is 1. The van der Waals surface area contributed by atoms with Crippen LogP contribution in [0.25, 0.3) is 0 Å². The van der Waals surface area contributed by atoms with Crippen LogP contribution in [0.1, 0.15) is 38.3 Å². The molecule has 1 aliphatic carbocycles. The second-order valence-electron chi connectivity index (χ2n) is 5.51. The molecule has 18 heavy (non-hydrogen) atoms. The number of ether oxygens (including phenoxy) is 1. The van der Waals surface area contributed by atoms with Gasteiger partial charge in [0.1, 0.15) is 5.60 Å². The number of nitrogens with one attached hydrogen (secondary N) is 1. The summed E-state index contributed by atoms with van der Waals surface area (Å²) in [5.41, 5.74) is 0.964. The molecule has 3 nitrogen and oxygen atoms in total. The Hall–Kier alpha value is -0.930. The quantitative estimate of drug-likeness (QED) is 0.889. The van der Waals surface area contributed by atoms with E-state index in [0.717, 1.165) is 37.6 Å². The summed E-state index contributed by atoms with van der Waals surface area (Å²) in [5.74, 6) is 0.757. The molecule has 0 spiro atoms. The van der Waals surface area contributed by atoms with Crippen LogP contribution >= 0.6 is 0 Å². The molecule has 1 aliphatic heterocycles. The zero-order chi connectivity index (χ0) is 12.4. The SMILES string of the molecule is CCOC1(c2ccccn2)CC2CCCNC2C1. The monoisotopic (exact) mass is 246 g/mol. The van der Waals surface area contributed by atoms with Crippen LogP contribution in [0.5, 0.6) is 0 Å². The maximum Gasteiger partial charge on any atom is 0.112 e. The first-order valence-corrected chi connectivity index (χ1v) is 7.13. The minimum atomic E-state index is -0.150. The van der Waals surface area contributed by atoms with Gasteiger partial charge in [-0.25, -0.2) is 0 Å². The average molecular weight is 246 g/mol. The third-order valence-corrected chi connectivity index (χ3v) is 4.42. The Morgan fingerprint density at radius 3 is 3.11 bits per heavy atom. The zero-order valence-electron chi connectivity index (χ0n) is 11.1. The molecule has 3 unspecified atom stereocenters. The molecule has 3 atom stereocenters. The van der Waals surface area contributed by atoms with Crippen LogP contribution in [0, 0.1) is 5.92 Å². The van der Waals surface area contributed by atoms with Gasteiger partial charge in [-0.15, -0.1) is 0 Å². The smallest absolute Gasteiger partial charge is 0.112 e. The summed E-state index contributed by atoms with van der Waals surface area (Å²) >= 11 is 0. The summed E-state index contributed by atoms with van der Waals surface area (Å²) in [6.07, 6.45) is 6.70. The van der Waals surface area contributed by atoms with Crippen molar-refractivity contribution in [2.75, 3.05) is 13.2 Å². The molecule has 0 amide bonds. The minimum Gasteiger partial charge on any atom is -0.369 e. The number of rotatable bonds is 3. The van der Waals surface area contributed by atoms with Crippen LogP contribution in [0.3, 0.4) is 0 Å². The maximum atomic E-state index is 6.17. The molecular formula is C15H22N2O. The lowest BCUT2D eigenvalue weighted by atomic mass is 9.92. The Labute approximate surface area is 109 Å². The van der Waals surface area contributed by atoms with Crippen LogP contribution in [0.2, 0.25) is 0 Å². The van der Waals surface area contributed by atoms with Gasteiger partial charge in [0.15, 0.2) is 0 Å². The van der Waals surface area contributed by atoms with Gasteiger partial charge in [-0.1, -0.05) is 6.07 Å². The van der Waals surface area contributed by atoms with Crippen molar-refractivity contribution >= 4 is 0 Å². The highest BCUT2D eigenvalue weighted by atomic mass is 16.5. The van der Waals surface area contributed by atoms with E-state index in [9.17, 15) is 0 Å². The summed E-state index contributed by atoms with van der Waals surface area (Å²) in [6, 6.07) is 6.78. The Balaban J connectivity index is 1.89. The molecule has 2 fully saturated rings. The molecule has 2 aliphatic rings. The lowest BCUT2D eigenvalue weighted by Crippen LogP contribution is -2.38. The fraction of sp³-hybridized carbons (Fsp3) is 0.667. The lowest BCUT2D eigenvalue weighted by molar-refractivity contribution is -0.0459. The molecule has 3 rings (SSSR count). The van der Waals surface area contributed by atoms with Gasteiger partial charge >= 0.3 is 0 Å². The van der Waals surface area contributed by atoms with E-state index in [1.807, 2.05) is 12.3 Å². The molecule has 98 valence electrons. The first-order chi connectivity index (χ1) is 8.84. The predicted octanol–water partition coefficient (Wildman–Crippen LogP) is 2.48. The molecule has 1 aromatic rings. The molecule has 1 aromatic heterocycles. The largest absolute Gasteiger partial charge is 0.369 e. The third-order valence-electron chi connectivity index (χ3n) is 4.42. The summed E-state index contributed by atoms with van der Waals surface area (Å²) in [5, 5.41) is 3.66. The van der Waals surface area contributed by atoms with Crippen LogP contribution < -0.4 is 5.32 Å². The van der Waals surface area contributed by atoms with Crippen molar-refractivity contribution in [1.29, 1.82) is 0 Å². The Bertz CT molecular complexity index is 379. The number of fused-ring (bicyclic) bond motifs is 1. The molecule has 3 heteroatoms. The number of pyridine rings is 1. The summed E-state index contributed by atoms with van der Waals surface area (Å²) in [7, 11) is 0. The van der Waals surface area contributed by atoms with E-state index in [2.05, 4.69) is 29.4 Å². The van der Waals surface area contributed by atoms with Crippen molar-refractivity contribution in [3.8, 4) is 0 Å². The van der Waals surface area contributed by atoms with Crippen molar-refractivity contribution in [3.05, 3.63) is 30.1 Å². The van der Waals surface area contributed by atoms with E-state index in [0.29, 0.717) is 6.04 Å². The summed E-state index contributed by atoms with van der Waals surface area (Å²) < 4.78 is 6.17. The molecule has 0 aromatic carbocycles. The van der Waals surface area contributed by atoms with Gasteiger partial charge in [-0.05, 0) is 57.2 Å². The van der Waals surface area contributed by atoms with Crippen molar-refractivity contribution < 1.29 is 4.74 Å². The van der Waals surface area contributed by atoms with E-state index in [1.54, 1.807) is 0 Å². The van der Waals surface area contributed by atoms with Gasteiger partial charge in [-0.3, -0.25) is 4.98 Å². The summed E-state index contributed by atoms with van der Waals surface area (Å²) in [4.78, 5) is 4.56. The molecule has 0 radical (unpaired) electrons. The minimum absolute atomic E-state index is 0.150. The fourth-order valence-corrected chi connectivity index (χ4v) is 3.67. The average Bonchev–Trinajstić information content (AvgIpc) is 2.79. The number of nitrogens with zero attached hydrogens (tertiary/aromatic N) is 1. The van der Waals surface area contributed by atoms with E-state index in [-0.39, 0.29) is 5.60 Å². The number of piperidine rings is 1. The van der Waals surface area contributed by atoms with Crippen LogP contribution in [-0.4, -0.2) is 24.2 Å². The highest BCUT2D eigenvalue weighted by molar-refractivity contribution is 5.18. The van der Waals surface area contributed by atoms with Gasteiger partial charge in [0.2, 0.25) is 0 Å². The zero-order valence-corrected chi connectivity index (χ0v) is 11.1. The summed E-state index contributed by atoms with van der Waals surface area (Å²) in [6.45, 7) is 4.00. The first-order valence-electron chi connectivity index (χ1n) is 7.13. The first kappa shape index (κ1) is 12.1. The van der Waals surface area contributed by atoms with Crippen molar-refractivity contribution in [2.24, 2.45) is 5.92 Å². The van der Waals surface area contributed by atoms with Crippen LogP contribution in [0.4, 0.5) is 0 Å². The van der Waals surface area contributed by atoms with E-state index in [4.69, 9.17) is 4.74 Å². The van der Waals surface area contributed by atoms with Crippen molar-refractivity contribution in [2.45, 2.75) is 44.2 Å². The Kier molecular flexibility index (Phi) is 3.35. The van der Waals surface area contributed by atoms with Crippen LogP contribution in [0.15, 0.2) is 24.4 Å². The van der Waals surface area contributed by atoms with Crippen molar-refractivity contribution in [1.82, 2.24) is 10.3 Å². The van der Waals surface area contributed by atoms with Crippen molar-refractivity contribution in [3.63, 3.8) is 0 Å². The molecule has 2 heterocycles. The highest BCUT2D eigenvalue weighted by Crippen LogP contribution is 2.47. The van der Waals surface area contributed by atoms with Gasteiger partial charge < -0.3 is 10.1 Å². The van der Waals surface area contributed by atoms with Gasteiger partial charge in [-0.2, -0.15) is 0 Å². The molecule has 1 saturated carbocycles. The number of hydrogen-bond acceptors (Lipinski definition) is 3. The van der Waals surface area contributed by atoms with Gasteiger partial charge in [0, 0.05) is 18.8 Å².